The van der Waals surface area contributed by atoms with Gasteiger partial charge in [-0.05, 0) is 36.8 Å². The molecular weight excluding hydrogens is 291 g/mol. The van der Waals surface area contributed by atoms with Gasteiger partial charge in [-0.25, -0.2) is 4.39 Å². The van der Waals surface area contributed by atoms with E-state index < -0.39 is 6.10 Å². The molecule has 2 aromatic carbocycles. The SMILES string of the molecule is C[C@H](O)c1cccc(F)c1Sc1ccc2c(c1)OCCO2. The second-order valence-corrected chi connectivity index (χ2v) is 5.83. The summed E-state index contributed by atoms with van der Waals surface area (Å²) in [6.45, 7) is 2.68. The number of halogens is 1. The maximum absolute atomic E-state index is 14.0. The van der Waals surface area contributed by atoms with Crippen molar-refractivity contribution in [3.05, 3.63) is 47.8 Å². The van der Waals surface area contributed by atoms with Gasteiger partial charge in [0, 0.05) is 4.90 Å². The highest BCUT2D eigenvalue weighted by Crippen LogP contribution is 2.39. The molecule has 110 valence electrons. The van der Waals surface area contributed by atoms with E-state index in [9.17, 15) is 9.50 Å². The van der Waals surface area contributed by atoms with Gasteiger partial charge in [-0.3, -0.25) is 0 Å². The van der Waals surface area contributed by atoms with Crippen molar-refractivity contribution in [1.82, 2.24) is 0 Å². The zero-order chi connectivity index (χ0) is 14.8. The van der Waals surface area contributed by atoms with Gasteiger partial charge >= 0.3 is 0 Å². The third kappa shape index (κ3) is 2.99. The highest BCUT2D eigenvalue weighted by molar-refractivity contribution is 7.99. The number of benzene rings is 2. The van der Waals surface area contributed by atoms with Gasteiger partial charge < -0.3 is 14.6 Å². The van der Waals surface area contributed by atoms with E-state index in [1.807, 2.05) is 18.2 Å². The molecule has 1 heterocycles. The summed E-state index contributed by atoms with van der Waals surface area (Å²) in [6.07, 6.45) is -0.722. The molecule has 0 spiro atoms. The molecule has 0 unspecified atom stereocenters. The molecule has 0 aromatic heterocycles. The minimum Gasteiger partial charge on any atom is -0.486 e. The van der Waals surface area contributed by atoms with Gasteiger partial charge in [-0.2, -0.15) is 0 Å². The van der Waals surface area contributed by atoms with Crippen LogP contribution < -0.4 is 9.47 Å². The number of aliphatic hydroxyl groups excluding tert-OH is 1. The third-order valence-corrected chi connectivity index (χ3v) is 4.31. The van der Waals surface area contributed by atoms with Crippen LogP contribution in [0, 0.1) is 5.82 Å². The quantitative estimate of drug-likeness (QED) is 0.936. The van der Waals surface area contributed by atoms with Crippen LogP contribution in [-0.2, 0) is 0 Å². The first-order chi connectivity index (χ1) is 10.1. The first-order valence-corrected chi connectivity index (χ1v) is 7.51. The molecule has 0 saturated heterocycles. The van der Waals surface area contributed by atoms with Gasteiger partial charge in [0.05, 0.1) is 11.0 Å². The molecule has 1 N–H and O–H groups in total. The summed E-state index contributed by atoms with van der Waals surface area (Å²) in [6, 6.07) is 10.2. The minimum absolute atomic E-state index is 0.340. The Morgan fingerprint density at radius 3 is 2.67 bits per heavy atom. The predicted molar refractivity (Wildman–Crippen MR) is 78.6 cm³/mol. The lowest BCUT2D eigenvalue weighted by atomic mass is 10.1. The van der Waals surface area contributed by atoms with Crippen molar-refractivity contribution in [1.29, 1.82) is 0 Å². The highest BCUT2D eigenvalue weighted by Gasteiger charge is 2.16. The number of rotatable bonds is 3. The normalized spacial score (nSPS) is 14.8. The molecule has 0 bridgehead atoms. The molecule has 3 rings (SSSR count). The van der Waals surface area contributed by atoms with Crippen molar-refractivity contribution < 1.29 is 19.0 Å². The van der Waals surface area contributed by atoms with E-state index in [1.54, 1.807) is 19.1 Å². The molecule has 3 nitrogen and oxygen atoms in total. The molecular formula is C16H15FO3S. The predicted octanol–water partition coefficient (Wildman–Crippen LogP) is 3.80. The Hall–Kier alpha value is -1.72. The lowest BCUT2D eigenvalue weighted by Crippen LogP contribution is -2.15. The van der Waals surface area contributed by atoms with Crippen LogP contribution in [0.2, 0.25) is 0 Å². The van der Waals surface area contributed by atoms with Gasteiger partial charge in [0.25, 0.3) is 0 Å². The summed E-state index contributed by atoms with van der Waals surface area (Å²) in [5, 5.41) is 9.77. The summed E-state index contributed by atoms with van der Waals surface area (Å²) in [5.74, 6) is 1.03. The van der Waals surface area contributed by atoms with E-state index in [1.165, 1.54) is 17.8 Å². The van der Waals surface area contributed by atoms with Gasteiger partial charge in [0.15, 0.2) is 11.5 Å². The molecule has 2 aromatic rings. The fourth-order valence-corrected chi connectivity index (χ4v) is 3.23. The van der Waals surface area contributed by atoms with E-state index in [2.05, 4.69) is 0 Å². The maximum Gasteiger partial charge on any atom is 0.162 e. The highest BCUT2D eigenvalue weighted by atomic mass is 32.2. The first kappa shape index (κ1) is 14.2. The fourth-order valence-electron chi connectivity index (χ4n) is 2.17. The second kappa shape index (κ2) is 5.95. The van der Waals surface area contributed by atoms with Gasteiger partial charge in [0.2, 0.25) is 0 Å². The van der Waals surface area contributed by atoms with Crippen molar-refractivity contribution in [2.45, 2.75) is 22.8 Å². The zero-order valence-electron chi connectivity index (χ0n) is 11.5. The van der Waals surface area contributed by atoms with Crippen LogP contribution in [0.15, 0.2) is 46.2 Å². The Balaban J connectivity index is 1.94. The standard InChI is InChI=1S/C16H15FO3S/c1-10(18)12-3-2-4-13(17)16(12)21-11-5-6-14-15(9-11)20-8-7-19-14/h2-6,9-10,18H,7-8H2,1H3/t10-/m0/s1. The monoisotopic (exact) mass is 306 g/mol. The Bertz CT molecular complexity index is 658. The first-order valence-electron chi connectivity index (χ1n) is 6.69. The van der Waals surface area contributed by atoms with Crippen molar-refractivity contribution in [2.75, 3.05) is 13.2 Å². The van der Waals surface area contributed by atoms with Crippen molar-refractivity contribution in [3.8, 4) is 11.5 Å². The maximum atomic E-state index is 14.0. The average Bonchev–Trinajstić information content (AvgIpc) is 2.49. The number of hydrogen-bond donors (Lipinski definition) is 1. The summed E-state index contributed by atoms with van der Waals surface area (Å²) in [5.41, 5.74) is 0.579. The lowest BCUT2D eigenvalue weighted by molar-refractivity contribution is 0.171. The van der Waals surface area contributed by atoms with Crippen molar-refractivity contribution in [3.63, 3.8) is 0 Å². The summed E-state index contributed by atoms with van der Waals surface area (Å²) in [7, 11) is 0. The van der Waals surface area contributed by atoms with Crippen LogP contribution in [0.5, 0.6) is 11.5 Å². The topological polar surface area (TPSA) is 38.7 Å². The Morgan fingerprint density at radius 2 is 1.90 bits per heavy atom. The average molecular weight is 306 g/mol. The van der Waals surface area contributed by atoms with Crippen LogP contribution in [0.4, 0.5) is 4.39 Å². The Labute approximate surface area is 126 Å². The minimum atomic E-state index is -0.722. The van der Waals surface area contributed by atoms with Crippen LogP contribution in [0.25, 0.3) is 0 Å². The van der Waals surface area contributed by atoms with Crippen LogP contribution >= 0.6 is 11.8 Å². The van der Waals surface area contributed by atoms with E-state index in [-0.39, 0.29) is 5.82 Å². The summed E-state index contributed by atoms with van der Waals surface area (Å²) in [4.78, 5) is 1.27. The molecule has 1 atom stereocenters. The van der Waals surface area contributed by atoms with Crippen LogP contribution in [0.1, 0.15) is 18.6 Å². The molecule has 0 fully saturated rings. The van der Waals surface area contributed by atoms with E-state index in [4.69, 9.17) is 9.47 Å². The second-order valence-electron chi connectivity index (χ2n) is 4.74. The third-order valence-electron chi connectivity index (χ3n) is 3.18. The number of fused-ring (bicyclic) bond motifs is 1. The molecule has 1 aliphatic heterocycles. The van der Waals surface area contributed by atoms with E-state index >= 15 is 0 Å². The number of hydrogen-bond acceptors (Lipinski definition) is 4. The lowest BCUT2D eigenvalue weighted by Gasteiger charge is -2.19. The molecule has 0 radical (unpaired) electrons. The van der Waals surface area contributed by atoms with Crippen LogP contribution in [0.3, 0.4) is 0 Å². The molecule has 0 amide bonds. The number of aliphatic hydroxyl groups is 1. The van der Waals surface area contributed by atoms with Gasteiger partial charge in [-0.15, -0.1) is 0 Å². The molecule has 0 saturated carbocycles. The fraction of sp³-hybridized carbons (Fsp3) is 0.250. The van der Waals surface area contributed by atoms with Crippen molar-refractivity contribution >= 4 is 11.8 Å². The van der Waals surface area contributed by atoms with Gasteiger partial charge in [-0.1, -0.05) is 23.9 Å². The van der Waals surface area contributed by atoms with Crippen LogP contribution in [-0.4, -0.2) is 18.3 Å². The molecule has 5 heteroatoms. The zero-order valence-corrected chi connectivity index (χ0v) is 12.3. The molecule has 1 aliphatic rings. The van der Waals surface area contributed by atoms with E-state index in [0.29, 0.717) is 35.2 Å². The molecule has 21 heavy (non-hydrogen) atoms. The Morgan fingerprint density at radius 1 is 1.14 bits per heavy atom. The van der Waals surface area contributed by atoms with Crippen molar-refractivity contribution in [2.24, 2.45) is 0 Å². The summed E-state index contributed by atoms with van der Waals surface area (Å²) >= 11 is 1.27. The van der Waals surface area contributed by atoms with E-state index in [0.717, 1.165) is 4.90 Å². The summed E-state index contributed by atoms with van der Waals surface area (Å²) < 4.78 is 25.0. The number of ether oxygens (including phenoxy) is 2. The van der Waals surface area contributed by atoms with Gasteiger partial charge in [0.1, 0.15) is 19.0 Å². The molecule has 0 aliphatic carbocycles. The smallest absolute Gasteiger partial charge is 0.162 e. The largest absolute Gasteiger partial charge is 0.486 e. The Kier molecular flexibility index (Phi) is 4.03.